The molecule has 2 heteroatoms. The largest absolute Gasteiger partial charge is 0.441 e. The van der Waals surface area contributed by atoms with Crippen LogP contribution >= 0.6 is 0 Å². The van der Waals surface area contributed by atoms with Crippen LogP contribution < -0.4 is 0 Å². The number of rotatable bonds is 2. The van der Waals surface area contributed by atoms with E-state index >= 15 is 0 Å². The predicted octanol–water partition coefficient (Wildman–Crippen LogP) is 4.38. The summed E-state index contributed by atoms with van der Waals surface area (Å²) in [7, 11) is 0. The Bertz CT molecular complexity index is 509. The van der Waals surface area contributed by atoms with Crippen LogP contribution in [-0.2, 0) is 0 Å². The zero-order chi connectivity index (χ0) is 11.9. The molecule has 0 aliphatic carbocycles. The van der Waals surface area contributed by atoms with Gasteiger partial charge in [0.1, 0.15) is 5.52 Å². The monoisotopic (exact) mass is 217 g/mol. The molecular weight excluding hydrogens is 198 g/mol. The Morgan fingerprint density at radius 3 is 2.31 bits per heavy atom. The maximum absolute atomic E-state index is 5.58. The van der Waals surface area contributed by atoms with E-state index < -0.39 is 0 Å². The number of hydrogen-bond acceptors (Lipinski definition) is 2. The van der Waals surface area contributed by atoms with E-state index in [9.17, 15) is 0 Å². The molecule has 0 atom stereocenters. The molecule has 0 saturated carbocycles. The summed E-state index contributed by atoms with van der Waals surface area (Å²) in [6.45, 7) is 10.8. The first-order valence-electron chi connectivity index (χ1n) is 5.90. The van der Waals surface area contributed by atoms with Gasteiger partial charge in [-0.2, -0.15) is 0 Å². The van der Waals surface area contributed by atoms with E-state index in [1.807, 2.05) is 13.0 Å². The molecule has 0 unspecified atom stereocenters. The van der Waals surface area contributed by atoms with Crippen molar-refractivity contribution < 1.29 is 4.42 Å². The first kappa shape index (κ1) is 11.2. The Morgan fingerprint density at radius 2 is 1.75 bits per heavy atom. The van der Waals surface area contributed by atoms with E-state index in [4.69, 9.17) is 4.42 Å². The smallest absolute Gasteiger partial charge is 0.192 e. The number of nitrogens with zero attached hydrogens (tertiary/aromatic N) is 1. The molecule has 2 nitrogen and oxygen atoms in total. The van der Waals surface area contributed by atoms with Crippen LogP contribution in [0.4, 0.5) is 0 Å². The topological polar surface area (TPSA) is 26.0 Å². The molecule has 0 saturated heterocycles. The lowest BCUT2D eigenvalue weighted by molar-refractivity contribution is 0.561. The van der Waals surface area contributed by atoms with Gasteiger partial charge in [-0.3, -0.25) is 0 Å². The van der Waals surface area contributed by atoms with Gasteiger partial charge in [0.25, 0.3) is 0 Å². The van der Waals surface area contributed by atoms with Crippen LogP contribution in [0.1, 0.15) is 56.5 Å². The molecule has 1 aromatic heterocycles. The minimum atomic E-state index is 0.477. The first-order chi connectivity index (χ1) is 7.50. The van der Waals surface area contributed by atoms with E-state index in [0.29, 0.717) is 11.8 Å². The maximum atomic E-state index is 5.58. The Balaban J connectivity index is 2.78. The van der Waals surface area contributed by atoms with Gasteiger partial charge in [0.2, 0.25) is 0 Å². The third-order valence-electron chi connectivity index (χ3n) is 2.94. The molecule has 0 spiro atoms. The molecule has 0 bridgehead atoms. The molecule has 16 heavy (non-hydrogen) atoms. The van der Waals surface area contributed by atoms with Crippen molar-refractivity contribution in [3.63, 3.8) is 0 Å². The molecule has 2 rings (SSSR count). The number of aryl methyl sites for hydroxylation is 1. The fourth-order valence-electron chi connectivity index (χ4n) is 2.25. The Kier molecular flexibility index (Phi) is 2.75. The van der Waals surface area contributed by atoms with Crippen LogP contribution in [0.5, 0.6) is 0 Å². The fraction of sp³-hybridized carbons (Fsp3) is 0.500. The van der Waals surface area contributed by atoms with Crippen LogP contribution in [0.2, 0.25) is 0 Å². The van der Waals surface area contributed by atoms with Gasteiger partial charge in [0, 0.05) is 6.92 Å². The third kappa shape index (κ3) is 1.73. The molecular formula is C14H19NO. The van der Waals surface area contributed by atoms with E-state index in [1.54, 1.807) is 0 Å². The summed E-state index contributed by atoms with van der Waals surface area (Å²) in [4.78, 5) is 4.51. The van der Waals surface area contributed by atoms with Crippen LogP contribution in [0.25, 0.3) is 11.1 Å². The van der Waals surface area contributed by atoms with Crippen LogP contribution in [0.3, 0.4) is 0 Å². The third-order valence-corrected chi connectivity index (χ3v) is 2.94. The SMILES string of the molecule is Cc1nc2c(C(C)C)c(C(C)C)ccc2o1. The number of benzene rings is 1. The Labute approximate surface area is 96.7 Å². The molecule has 0 radical (unpaired) electrons. The highest BCUT2D eigenvalue weighted by molar-refractivity contribution is 5.79. The summed E-state index contributed by atoms with van der Waals surface area (Å²) in [5, 5.41) is 0. The molecule has 0 N–H and O–H groups in total. The minimum Gasteiger partial charge on any atom is -0.441 e. The van der Waals surface area contributed by atoms with Gasteiger partial charge < -0.3 is 4.42 Å². The van der Waals surface area contributed by atoms with Crippen molar-refractivity contribution in [2.45, 2.75) is 46.5 Å². The van der Waals surface area contributed by atoms with Gasteiger partial charge in [0.05, 0.1) is 0 Å². The van der Waals surface area contributed by atoms with Crippen molar-refractivity contribution in [2.24, 2.45) is 0 Å². The molecule has 0 amide bonds. The van der Waals surface area contributed by atoms with Gasteiger partial charge >= 0.3 is 0 Å². The number of hydrogen-bond donors (Lipinski definition) is 0. The average Bonchev–Trinajstić information content (AvgIpc) is 2.55. The van der Waals surface area contributed by atoms with Crippen molar-refractivity contribution in [3.8, 4) is 0 Å². The standard InChI is InChI=1S/C14H19NO/c1-8(2)11-6-7-12-14(13(11)9(3)4)15-10(5)16-12/h6-9H,1-5H3. The van der Waals surface area contributed by atoms with Crippen molar-refractivity contribution in [1.29, 1.82) is 0 Å². The van der Waals surface area contributed by atoms with Gasteiger partial charge in [-0.25, -0.2) is 4.98 Å². The lowest BCUT2D eigenvalue weighted by atomic mass is 9.90. The zero-order valence-electron chi connectivity index (χ0n) is 10.7. The van der Waals surface area contributed by atoms with E-state index in [2.05, 4.69) is 38.7 Å². The summed E-state index contributed by atoms with van der Waals surface area (Å²) in [5.41, 5.74) is 4.67. The van der Waals surface area contributed by atoms with Gasteiger partial charge in [0.15, 0.2) is 11.5 Å². The second-order valence-corrected chi connectivity index (χ2v) is 4.96. The minimum absolute atomic E-state index is 0.477. The Morgan fingerprint density at radius 1 is 1.06 bits per heavy atom. The second kappa shape index (κ2) is 3.93. The lowest BCUT2D eigenvalue weighted by Gasteiger charge is -2.15. The summed E-state index contributed by atoms with van der Waals surface area (Å²) in [5.74, 6) is 1.75. The van der Waals surface area contributed by atoms with Crippen LogP contribution in [-0.4, -0.2) is 4.98 Å². The van der Waals surface area contributed by atoms with Gasteiger partial charge in [-0.05, 0) is 29.0 Å². The highest BCUT2D eigenvalue weighted by atomic mass is 16.3. The Hall–Kier alpha value is -1.31. The van der Waals surface area contributed by atoms with E-state index in [1.165, 1.54) is 11.1 Å². The number of oxazole rings is 1. The van der Waals surface area contributed by atoms with Crippen LogP contribution in [0.15, 0.2) is 16.5 Å². The predicted molar refractivity (Wildman–Crippen MR) is 66.9 cm³/mol. The van der Waals surface area contributed by atoms with E-state index in [0.717, 1.165) is 17.0 Å². The second-order valence-electron chi connectivity index (χ2n) is 4.96. The molecule has 1 heterocycles. The maximum Gasteiger partial charge on any atom is 0.192 e. The highest BCUT2D eigenvalue weighted by Gasteiger charge is 2.16. The fourth-order valence-corrected chi connectivity index (χ4v) is 2.25. The molecule has 0 aliphatic rings. The number of fused-ring (bicyclic) bond motifs is 1. The molecule has 2 aromatic rings. The van der Waals surface area contributed by atoms with E-state index in [-0.39, 0.29) is 0 Å². The number of aromatic nitrogens is 1. The first-order valence-corrected chi connectivity index (χ1v) is 5.90. The highest BCUT2D eigenvalue weighted by Crippen LogP contribution is 2.32. The normalized spacial score (nSPS) is 11.9. The quantitative estimate of drug-likeness (QED) is 0.746. The van der Waals surface area contributed by atoms with Crippen molar-refractivity contribution in [2.75, 3.05) is 0 Å². The summed E-state index contributed by atoms with van der Waals surface area (Å²) in [6, 6.07) is 4.21. The lowest BCUT2D eigenvalue weighted by Crippen LogP contribution is -1.99. The summed E-state index contributed by atoms with van der Waals surface area (Å²) >= 11 is 0. The van der Waals surface area contributed by atoms with Crippen molar-refractivity contribution in [1.82, 2.24) is 4.98 Å². The van der Waals surface area contributed by atoms with Gasteiger partial charge in [-0.1, -0.05) is 33.8 Å². The molecule has 0 aliphatic heterocycles. The molecule has 1 aromatic carbocycles. The molecule has 86 valence electrons. The van der Waals surface area contributed by atoms with Gasteiger partial charge in [-0.15, -0.1) is 0 Å². The summed E-state index contributed by atoms with van der Waals surface area (Å²) < 4.78 is 5.58. The van der Waals surface area contributed by atoms with Crippen molar-refractivity contribution >= 4 is 11.1 Å². The average molecular weight is 217 g/mol. The summed E-state index contributed by atoms with van der Waals surface area (Å²) in [6.07, 6.45) is 0. The van der Waals surface area contributed by atoms with Crippen LogP contribution in [0, 0.1) is 6.92 Å². The molecule has 0 fully saturated rings. The van der Waals surface area contributed by atoms with Crippen molar-refractivity contribution in [3.05, 3.63) is 29.2 Å². The zero-order valence-corrected chi connectivity index (χ0v) is 10.7.